The Morgan fingerprint density at radius 1 is 1.21 bits per heavy atom. The predicted octanol–water partition coefficient (Wildman–Crippen LogP) is 2.67. The molecule has 0 unspecified atom stereocenters. The lowest BCUT2D eigenvalue weighted by Crippen LogP contribution is -2.30. The van der Waals surface area contributed by atoms with E-state index in [4.69, 9.17) is 4.74 Å². The second kappa shape index (κ2) is 8.42. The molecule has 8 nitrogen and oxygen atoms in total. The predicted molar refractivity (Wildman–Crippen MR) is 101 cm³/mol. The van der Waals surface area contributed by atoms with Gasteiger partial charge in [-0.1, -0.05) is 12.1 Å². The van der Waals surface area contributed by atoms with Crippen LogP contribution in [0.4, 0.5) is 4.39 Å². The van der Waals surface area contributed by atoms with Crippen molar-refractivity contribution in [3.8, 4) is 17.3 Å². The number of carbonyl (C=O) groups is 2. The second-order valence-electron chi connectivity index (χ2n) is 6.18. The van der Waals surface area contributed by atoms with Gasteiger partial charge in [0.1, 0.15) is 11.6 Å². The van der Waals surface area contributed by atoms with Crippen LogP contribution in [0.15, 0.2) is 54.6 Å². The molecule has 3 aromatic rings. The Labute approximate surface area is 165 Å². The molecule has 0 aliphatic carbocycles. The zero-order chi connectivity index (χ0) is 21.0. The van der Waals surface area contributed by atoms with Crippen LogP contribution >= 0.6 is 0 Å². The van der Waals surface area contributed by atoms with Crippen LogP contribution in [0.3, 0.4) is 0 Å². The molecular weight excluding hydrogens is 381 g/mol. The van der Waals surface area contributed by atoms with Crippen LogP contribution in [0, 0.1) is 5.82 Å². The highest BCUT2D eigenvalue weighted by Crippen LogP contribution is 2.23. The number of methoxy groups -OCH3 is 1. The fraction of sp³-hybridized carbons (Fsp3) is 0.150. The largest absolute Gasteiger partial charge is 0.497 e. The fourth-order valence-electron chi connectivity index (χ4n) is 2.77. The standard InChI is InChI=1S/C20H18FN3O5/c1-29-15-4-2-3-12(9-15)16(11-19(26)27)22-20(28)17-10-18(25)24(23-17)14-7-5-13(21)6-8-14/h2-10,16,25H,11H2,1H3,(H,22,28)(H,26,27)/t16-/m0/s1. The van der Waals surface area contributed by atoms with Crippen molar-refractivity contribution < 1.29 is 28.9 Å². The Balaban J connectivity index is 1.85. The number of hydrogen-bond acceptors (Lipinski definition) is 5. The zero-order valence-electron chi connectivity index (χ0n) is 15.4. The summed E-state index contributed by atoms with van der Waals surface area (Å²) in [5.74, 6) is -2.02. The summed E-state index contributed by atoms with van der Waals surface area (Å²) >= 11 is 0. The molecule has 3 N–H and O–H groups in total. The molecule has 0 saturated carbocycles. The van der Waals surface area contributed by atoms with E-state index >= 15 is 0 Å². The van der Waals surface area contributed by atoms with Gasteiger partial charge in [0.2, 0.25) is 5.88 Å². The molecule has 9 heteroatoms. The van der Waals surface area contributed by atoms with E-state index < -0.39 is 23.7 Å². The van der Waals surface area contributed by atoms with Crippen LogP contribution in [-0.2, 0) is 4.79 Å². The number of nitrogens with zero attached hydrogens (tertiary/aromatic N) is 2. The van der Waals surface area contributed by atoms with Gasteiger partial charge in [0, 0.05) is 6.07 Å². The molecule has 29 heavy (non-hydrogen) atoms. The maximum Gasteiger partial charge on any atom is 0.305 e. The van der Waals surface area contributed by atoms with E-state index in [9.17, 15) is 24.2 Å². The minimum Gasteiger partial charge on any atom is -0.497 e. The first-order valence-electron chi connectivity index (χ1n) is 8.59. The van der Waals surface area contributed by atoms with Gasteiger partial charge in [-0.15, -0.1) is 0 Å². The van der Waals surface area contributed by atoms with Crippen molar-refractivity contribution in [2.75, 3.05) is 7.11 Å². The highest BCUT2D eigenvalue weighted by atomic mass is 19.1. The molecule has 150 valence electrons. The van der Waals surface area contributed by atoms with Crippen LogP contribution < -0.4 is 10.1 Å². The van der Waals surface area contributed by atoms with Crippen molar-refractivity contribution in [2.45, 2.75) is 12.5 Å². The fourth-order valence-corrected chi connectivity index (χ4v) is 2.77. The van der Waals surface area contributed by atoms with Crippen molar-refractivity contribution in [1.82, 2.24) is 15.1 Å². The number of amides is 1. The molecule has 1 heterocycles. The molecule has 3 rings (SSSR count). The van der Waals surface area contributed by atoms with Crippen molar-refractivity contribution in [1.29, 1.82) is 0 Å². The van der Waals surface area contributed by atoms with Crippen LogP contribution in [0.2, 0.25) is 0 Å². The molecule has 0 aliphatic rings. The molecule has 2 aromatic carbocycles. The average molecular weight is 399 g/mol. The normalized spacial score (nSPS) is 11.7. The molecule has 0 fully saturated rings. The summed E-state index contributed by atoms with van der Waals surface area (Å²) in [5, 5.41) is 25.9. The van der Waals surface area contributed by atoms with Gasteiger partial charge in [-0.3, -0.25) is 9.59 Å². The lowest BCUT2D eigenvalue weighted by Gasteiger charge is -2.17. The van der Waals surface area contributed by atoms with Gasteiger partial charge in [0.05, 0.1) is 25.3 Å². The Bertz CT molecular complexity index is 1030. The van der Waals surface area contributed by atoms with E-state index in [0.29, 0.717) is 17.0 Å². The number of hydrogen-bond donors (Lipinski definition) is 3. The Hall–Kier alpha value is -3.88. The zero-order valence-corrected chi connectivity index (χ0v) is 15.4. The smallest absolute Gasteiger partial charge is 0.305 e. The Morgan fingerprint density at radius 2 is 1.93 bits per heavy atom. The number of nitrogens with one attached hydrogen (secondary N) is 1. The number of carboxylic acid groups (broad SMARTS) is 1. The SMILES string of the molecule is COc1cccc([C@H](CC(=O)O)NC(=O)c2cc(O)n(-c3ccc(F)cc3)n2)c1. The van der Waals surface area contributed by atoms with Crippen LogP contribution in [0.5, 0.6) is 11.6 Å². The minimum atomic E-state index is -1.10. The van der Waals surface area contributed by atoms with Gasteiger partial charge in [-0.2, -0.15) is 5.10 Å². The number of carbonyl (C=O) groups excluding carboxylic acids is 1. The van der Waals surface area contributed by atoms with Gasteiger partial charge < -0.3 is 20.3 Å². The molecule has 1 amide bonds. The topological polar surface area (TPSA) is 114 Å². The summed E-state index contributed by atoms with van der Waals surface area (Å²) in [6, 6.07) is 12.2. The van der Waals surface area contributed by atoms with Crippen molar-refractivity contribution in [3.05, 3.63) is 71.7 Å². The molecule has 0 aliphatic heterocycles. The third-order valence-corrected chi connectivity index (χ3v) is 4.17. The summed E-state index contributed by atoms with van der Waals surface area (Å²) in [6.45, 7) is 0. The average Bonchev–Trinajstić information content (AvgIpc) is 3.09. The third-order valence-electron chi connectivity index (χ3n) is 4.17. The van der Waals surface area contributed by atoms with Crippen LogP contribution in [0.25, 0.3) is 5.69 Å². The molecule has 1 aromatic heterocycles. The summed E-state index contributed by atoms with van der Waals surface area (Å²) < 4.78 is 19.3. The molecule has 0 bridgehead atoms. The number of ether oxygens (including phenoxy) is 1. The monoisotopic (exact) mass is 399 g/mol. The second-order valence-corrected chi connectivity index (χ2v) is 6.18. The van der Waals surface area contributed by atoms with Crippen LogP contribution in [0.1, 0.15) is 28.5 Å². The number of halogens is 1. The van der Waals surface area contributed by atoms with E-state index in [0.717, 1.165) is 10.7 Å². The number of carboxylic acids is 1. The summed E-state index contributed by atoms with van der Waals surface area (Å²) in [5.41, 5.74) is 0.783. The van der Waals surface area contributed by atoms with Gasteiger partial charge >= 0.3 is 5.97 Å². The van der Waals surface area contributed by atoms with Gasteiger partial charge in [0.25, 0.3) is 5.91 Å². The number of aromatic hydroxyl groups is 1. The maximum absolute atomic E-state index is 13.1. The molecule has 0 saturated heterocycles. The number of aliphatic carboxylic acids is 1. The summed E-state index contributed by atoms with van der Waals surface area (Å²) in [6.07, 6.45) is -0.358. The lowest BCUT2D eigenvalue weighted by molar-refractivity contribution is -0.137. The Morgan fingerprint density at radius 3 is 2.59 bits per heavy atom. The molecule has 0 radical (unpaired) electrons. The van der Waals surface area contributed by atoms with E-state index in [2.05, 4.69) is 10.4 Å². The lowest BCUT2D eigenvalue weighted by atomic mass is 10.0. The first kappa shape index (κ1) is 19.9. The third kappa shape index (κ3) is 4.70. The summed E-state index contributed by atoms with van der Waals surface area (Å²) in [4.78, 5) is 23.9. The van der Waals surface area contributed by atoms with E-state index in [1.165, 1.54) is 31.4 Å². The van der Waals surface area contributed by atoms with Gasteiger partial charge in [-0.05, 0) is 42.0 Å². The maximum atomic E-state index is 13.1. The highest BCUT2D eigenvalue weighted by molar-refractivity contribution is 5.93. The van der Waals surface area contributed by atoms with E-state index in [1.807, 2.05) is 0 Å². The molecule has 0 spiro atoms. The Kier molecular flexibility index (Phi) is 5.77. The number of aromatic nitrogens is 2. The van der Waals surface area contributed by atoms with E-state index in [-0.39, 0.29) is 18.0 Å². The summed E-state index contributed by atoms with van der Waals surface area (Å²) in [7, 11) is 1.48. The molecular formula is C20H18FN3O5. The van der Waals surface area contributed by atoms with Crippen molar-refractivity contribution in [2.24, 2.45) is 0 Å². The van der Waals surface area contributed by atoms with Crippen molar-refractivity contribution >= 4 is 11.9 Å². The first-order chi connectivity index (χ1) is 13.9. The number of benzene rings is 2. The van der Waals surface area contributed by atoms with Crippen molar-refractivity contribution in [3.63, 3.8) is 0 Å². The van der Waals surface area contributed by atoms with Gasteiger partial charge in [0.15, 0.2) is 5.69 Å². The molecule has 1 atom stereocenters. The van der Waals surface area contributed by atoms with Gasteiger partial charge in [-0.25, -0.2) is 9.07 Å². The first-order valence-corrected chi connectivity index (χ1v) is 8.59. The highest BCUT2D eigenvalue weighted by Gasteiger charge is 2.22. The van der Waals surface area contributed by atoms with E-state index in [1.54, 1.807) is 24.3 Å². The minimum absolute atomic E-state index is 0.120. The van der Waals surface area contributed by atoms with Crippen LogP contribution in [-0.4, -0.2) is 39.0 Å². The quantitative estimate of drug-likeness (QED) is 0.563. The number of rotatable bonds is 7.